The Balaban J connectivity index is 2.09. The van der Waals surface area contributed by atoms with Crippen LogP contribution < -0.4 is 5.32 Å². The van der Waals surface area contributed by atoms with Gasteiger partial charge in [0, 0.05) is 17.3 Å². The Morgan fingerprint density at radius 1 is 1.33 bits per heavy atom. The van der Waals surface area contributed by atoms with E-state index in [4.69, 9.17) is 11.6 Å². The first-order valence-electron chi connectivity index (χ1n) is 6.71. The maximum Gasteiger partial charge on any atom is 0.277 e. The number of hydrogen-bond donors (Lipinski definition) is 1. The maximum atomic E-state index is 12.2. The van der Waals surface area contributed by atoms with Crippen LogP contribution in [0, 0.1) is 5.41 Å². The topological polar surface area (TPSA) is 54.9 Å². The van der Waals surface area contributed by atoms with Crippen molar-refractivity contribution in [3.8, 4) is 0 Å². The first-order chi connectivity index (χ1) is 9.87. The summed E-state index contributed by atoms with van der Waals surface area (Å²) in [6.45, 7) is 6.62. The van der Waals surface area contributed by atoms with E-state index in [2.05, 4.69) is 36.1 Å². The van der Waals surface area contributed by atoms with Crippen molar-refractivity contribution in [1.82, 2.24) is 9.97 Å². The van der Waals surface area contributed by atoms with Crippen molar-refractivity contribution in [3.05, 3.63) is 39.6 Å². The van der Waals surface area contributed by atoms with Gasteiger partial charge in [-0.3, -0.25) is 4.79 Å². The lowest BCUT2D eigenvalue weighted by Crippen LogP contribution is -2.15. The fraction of sp³-hybridized carbons (Fsp3) is 0.400. The molecule has 0 aliphatic carbocycles. The fourth-order valence-electron chi connectivity index (χ4n) is 1.79. The molecule has 0 aliphatic heterocycles. The zero-order valence-electron chi connectivity index (χ0n) is 12.3. The highest BCUT2D eigenvalue weighted by Gasteiger charge is 2.17. The highest BCUT2D eigenvalue weighted by Crippen LogP contribution is 2.29. The molecule has 0 fully saturated rings. The molecular formula is C15H18ClN3OS. The smallest absolute Gasteiger partial charge is 0.277 e. The Labute approximate surface area is 133 Å². The van der Waals surface area contributed by atoms with Gasteiger partial charge in [0.25, 0.3) is 5.91 Å². The van der Waals surface area contributed by atoms with Crippen molar-refractivity contribution in [2.45, 2.75) is 33.6 Å². The van der Waals surface area contributed by atoms with E-state index >= 15 is 0 Å². The molecule has 112 valence electrons. The van der Waals surface area contributed by atoms with E-state index in [-0.39, 0.29) is 22.2 Å². The number of aryl methyl sites for hydroxylation is 1. The first-order valence-corrected chi connectivity index (χ1v) is 7.97. The van der Waals surface area contributed by atoms with Crippen molar-refractivity contribution in [2.75, 3.05) is 5.32 Å². The van der Waals surface area contributed by atoms with Gasteiger partial charge in [-0.05, 0) is 29.7 Å². The highest BCUT2D eigenvalue weighted by molar-refractivity contribution is 7.10. The summed E-state index contributed by atoms with van der Waals surface area (Å²) in [6, 6.07) is 1.91. The molecular weight excluding hydrogens is 306 g/mol. The minimum atomic E-state index is -0.330. The predicted octanol–water partition coefficient (Wildman–Crippen LogP) is 4.42. The molecule has 6 heteroatoms. The molecule has 2 heterocycles. The summed E-state index contributed by atoms with van der Waals surface area (Å²) in [5.74, 6) is -0.330. The standard InChI is InChI=1S/C15H18ClN3OS/c1-15(2,3)6-4-11-10(5-9-21-11)19-14(20)12-13(16)18-8-7-17-12/h5,7-9H,4,6H2,1-3H3,(H,19,20). The van der Waals surface area contributed by atoms with E-state index in [1.54, 1.807) is 11.3 Å². The van der Waals surface area contributed by atoms with Crippen LogP contribution in [0.2, 0.25) is 5.15 Å². The van der Waals surface area contributed by atoms with E-state index in [9.17, 15) is 4.79 Å². The molecule has 0 bridgehead atoms. The van der Waals surface area contributed by atoms with Gasteiger partial charge in [0.2, 0.25) is 0 Å². The molecule has 2 aromatic heterocycles. The average molecular weight is 324 g/mol. The van der Waals surface area contributed by atoms with E-state index in [1.165, 1.54) is 17.3 Å². The lowest BCUT2D eigenvalue weighted by atomic mass is 9.90. The van der Waals surface area contributed by atoms with Crippen LogP contribution >= 0.6 is 22.9 Å². The Hall–Kier alpha value is -1.46. The summed E-state index contributed by atoms with van der Waals surface area (Å²) in [5.41, 5.74) is 1.24. The zero-order valence-corrected chi connectivity index (χ0v) is 13.9. The van der Waals surface area contributed by atoms with Gasteiger partial charge in [-0.25, -0.2) is 9.97 Å². The molecule has 0 aliphatic rings. The molecule has 0 radical (unpaired) electrons. The molecule has 0 saturated carbocycles. The number of aromatic nitrogens is 2. The number of nitrogens with zero attached hydrogens (tertiary/aromatic N) is 2. The molecule has 0 atom stereocenters. The first kappa shape index (κ1) is 15.9. The van der Waals surface area contributed by atoms with Crippen molar-refractivity contribution >= 4 is 34.5 Å². The normalized spacial score (nSPS) is 11.4. The molecule has 21 heavy (non-hydrogen) atoms. The van der Waals surface area contributed by atoms with Crippen LogP contribution in [-0.2, 0) is 6.42 Å². The van der Waals surface area contributed by atoms with E-state index in [0.717, 1.165) is 18.5 Å². The largest absolute Gasteiger partial charge is 0.320 e. The number of thiophene rings is 1. The minimum Gasteiger partial charge on any atom is -0.320 e. The molecule has 1 amide bonds. The van der Waals surface area contributed by atoms with Crippen LogP contribution in [0.4, 0.5) is 5.69 Å². The Bertz CT molecular complexity index is 634. The number of anilines is 1. The number of hydrogen-bond acceptors (Lipinski definition) is 4. The quantitative estimate of drug-likeness (QED) is 0.906. The van der Waals surface area contributed by atoms with Crippen molar-refractivity contribution in [2.24, 2.45) is 5.41 Å². The fourth-order valence-corrected chi connectivity index (χ4v) is 2.81. The number of carbonyl (C=O) groups is 1. The Kier molecular flexibility index (Phi) is 4.96. The summed E-state index contributed by atoms with van der Waals surface area (Å²) in [5, 5.41) is 4.96. The van der Waals surface area contributed by atoms with Crippen molar-refractivity contribution in [3.63, 3.8) is 0 Å². The van der Waals surface area contributed by atoms with Gasteiger partial charge >= 0.3 is 0 Å². The predicted molar refractivity (Wildman–Crippen MR) is 87.1 cm³/mol. The van der Waals surface area contributed by atoms with Gasteiger partial charge in [-0.2, -0.15) is 0 Å². The second-order valence-electron chi connectivity index (χ2n) is 5.97. The summed E-state index contributed by atoms with van der Waals surface area (Å²) < 4.78 is 0. The molecule has 2 aromatic rings. The van der Waals surface area contributed by atoms with E-state index < -0.39 is 0 Å². The summed E-state index contributed by atoms with van der Waals surface area (Å²) in [6.07, 6.45) is 4.90. The Morgan fingerprint density at radius 2 is 2.05 bits per heavy atom. The Morgan fingerprint density at radius 3 is 2.71 bits per heavy atom. The van der Waals surface area contributed by atoms with Crippen LogP contribution in [0.5, 0.6) is 0 Å². The zero-order chi connectivity index (χ0) is 15.5. The number of amides is 1. The third kappa shape index (κ3) is 4.51. The second kappa shape index (κ2) is 6.54. The molecule has 0 saturated heterocycles. The van der Waals surface area contributed by atoms with Crippen molar-refractivity contribution < 1.29 is 4.79 Å². The maximum absolute atomic E-state index is 12.2. The summed E-state index contributed by atoms with van der Waals surface area (Å²) >= 11 is 7.54. The number of halogens is 1. The van der Waals surface area contributed by atoms with Crippen molar-refractivity contribution in [1.29, 1.82) is 0 Å². The summed E-state index contributed by atoms with van der Waals surface area (Å²) in [7, 11) is 0. The lowest BCUT2D eigenvalue weighted by molar-refractivity contribution is 0.102. The van der Waals surface area contributed by atoms with Gasteiger partial charge in [0.1, 0.15) is 0 Å². The third-order valence-corrected chi connectivity index (χ3v) is 4.22. The highest BCUT2D eigenvalue weighted by atomic mass is 35.5. The van der Waals surface area contributed by atoms with Gasteiger partial charge < -0.3 is 5.32 Å². The number of rotatable bonds is 4. The van der Waals surface area contributed by atoms with Crippen LogP contribution in [0.3, 0.4) is 0 Å². The summed E-state index contributed by atoms with van der Waals surface area (Å²) in [4.78, 5) is 21.2. The molecule has 4 nitrogen and oxygen atoms in total. The molecule has 0 spiro atoms. The van der Waals surface area contributed by atoms with Crippen LogP contribution in [0.15, 0.2) is 23.8 Å². The third-order valence-electron chi connectivity index (χ3n) is 2.96. The number of carbonyl (C=O) groups excluding carboxylic acids is 1. The van der Waals surface area contributed by atoms with Crippen LogP contribution in [0.25, 0.3) is 0 Å². The monoisotopic (exact) mass is 323 g/mol. The molecule has 0 unspecified atom stereocenters. The molecule has 1 N–H and O–H groups in total. The van der Waals surface area contributed by atoms with Gasteiger partial charge in [0.15, 0.2) is 10.8 Å². The van der Waals surface area contributed by atoms with Crippen LogP contribution in [-0.4, -0.2) is 15.9 Å². The SMILES string of the molecule is CC(C)(C)CCc1sccc1NC(=O)c1nccnc1Cl. The van der Waals surface area contributed by atoms with E-state index in [1.807, 2.05) is 11.4 Å². The minimum absolute atomic E-state index is 0.112. The van der Waals surface area contributed by atoms with E-state index in [0.29, 0.717) is 0 Å². The average Bonchev–Trinajstić information content (AvgIpc) is 2.83. The van der Waals surface area contributed by atoms with Crippen LogP contribution in [0.1, 0.15) is 42.6 Å². The molecule has 2 rings (SSSR count). The molecule has 0 aromatic carbocycles. The van der Waals surface area contributed by atoms with Gasteiger partial charge in [-0.15, -0.1) is 11.3 Å². The number of nitrogens with one attached hydrogen (secondary N) is 1. The second-order valence-corrected chi connectivity index (χ2v) is 7.33. The van der Waals surface area contributed by atoms with Gasteiger partial charge in [-0.1, -0.05) is 32.4 Å². The lowest BCUT2D eigenvalue weighted by Gasteiger charge is -2.17. The van der Waals surface area contributed by atoms with Gasteiger partial charge in [0.05, 0.1) is 5.69 Å².